The molecule has 20 nitrogen and oxygen atoms in total. The normalized spacial score (nSPS) is 19.1. The van der Waals surface area contributed by atoms with Crippen molar-refractivity contribution in [2.45, 2.75) is 159 Å². The van der Waals surface area contributed by atoms with Gasteiger partial charge in [0.05, 0.1) is 31.7 Å². The Hall–Kier alpha value is -5.99. The lowest BCUT2D eigenvalue weighted by atomic mass is 9.86. The number of phenols is 1. The van der Waals surface area contributed by atoms with Crippen LogP contribution in [0.15, 0.2) is 35.9 Å². The van der Waals surface area contributed by atoms with Crippen molar-refractivity contribution in [2.75, 3.05) is 27.2 Å². The third-order valence-electron chi connectivity index (χ3n) is 12.3. The van der Waals surface area contributed by atoms with Crippen LogP contribution in [0, 0.1) is 0 Å². The number of fused-ring (bicyclic) bond motifs is 4. The molecule has 1 heterocycles. The van der Waals surface area contributed by atoms with E-state index in [0.29, 0.717) is 12.0 Å². The fraction of sp³-hybridized carbons (Fsp3) is 0.604. The lowest BCUT2D eigenvalue weighted by Crippen LogP contribution is -2.59. The van der Waals surface area contributed by atoms with Crippen LogP contribution in [0.1, 0.15) is 140 Å². The monoisotopic (exact) mass is 953 g/mol. The fourth-order valence-corrected chi connectivity index (χ4v) is 8.04. The van der Waals surface area contributed by atoms with Crippen LogP contribution in [-0.2, 0) is 43.2 Å². The maximum atomic E-state index is 14.0. The molecule has 68 heavy (non-hydrogen) atoms. The zero-order valence-electron chi connectivity index (χ0n) is 39.9. The minimum atomic E-state index is -1.73. The molecule has 20 heteroatoms. The number of phenolic OH excluding ortho intramolecular Hbond substituents is 1. The number of hydrogen-bond donors (Lipinski definition) is 9. The predicted molar refractivity (Wildman–Crippen MR) is 251 cm³/mol. The van der Waals surface area contributed by atoms with Gasteiger partial charge in [-0.1, -0.05) is 102 Å². The molecule has 0 fully saturated rings. The summed E-state index contributed by atoms with van der Waals surface area (Å²) in [7, 11) is 2.60. The van der Waals surface area contributed by atoms with E-state index in [4.69, 9.17) is 11.5 Å². The summed E-state index contributed by atoms with van der Waals surface area (Å²) >= 11 is 0. The molecule has 1 aromatic carbocycles. The number of Topliss-reactive ketones (excluding diaryl/α,β-unsaturated/α-hetero) is 2. The second kappa shape index (κ2) is 28.4. The third-order valence-corrected chi connectivity index (χ3v) is 12.3. The quantitative estimate of drug-likeness (QED) is 0.0273. The van der Waals surface area contributed by atoms with Crippen molar-refractivity contribution in [2.24, 2.45) is 11.5 Å². The molecule has 3 rings (SSSR count). The highest BCUT2D eigenvalue weighted by Crippen LogP contribution is 2.36. The number of carbonyl (C=O) groups is 9. The Morgan fingerprint density at radius 2 is 1.46 bits per heavy atom. The minimum Gasteiger partial charge on any atom is -0.507 e. The Balaban J connectivity index is 1.65. The van der Waals surface area contributed by atoms with Crippen LogP contribution in [-0.4, -0.2) is 136 Å². The lowest BCUT2D eigenvalue weighted by Gasteiger charge is -2.31. The van der Waals surface area contributed by atoms with Crippen molar-refractivity contribution in [3.8, 4) is 5.75 Å². The minimum absolute atomic E-state index is 0.00984. The Kier molecular flexibility index (Phi) is 23.5. The molecule has 0 radical (unpaired) electrons. The Morgan fingerprint density at radius 1 is 0.853 bits per heavy atom. The van der Waals surface area contributed by atoms with Crippen LogP contribution in [0.25, 0.3) is 5.57 Å². The molecule has 11 N–H and O–H groups in total. The summed E-state index contributed by atoms with van der Waals surface area (Å²) in [5.74, 6) is -8.62. The number of nitrogens with one attached hydrogen (secondary N) is 4. The molecular formula is C48H72N8O12. The maximum Gasteiger partial charge on any atom is 0.285 e. The predicted octanol–water partition coefficient (Wildman–Crippen LogP) is 1.19. The van der Waals surface area contributed by atoms with Crippen molar-refractivity contribution < 1.29 is 58.5 Å². The first-order valence-corrected chi connectivity index (χ1v) is 23.6. The van der Waals surface area contributed by atoms with Gasteiger partial charge in [0.2, 0.25) is 35.3 Å². The van der Waals surface area contributed by atoms with Crippen LogP contribution >= 0.6 is 0 Å². The maximum absolute atomic E-state index is 14.0. The van der Waals surface area contributed by atoms with Crippen LogP contribution in [0.3, 0.4) is 0 Å². The van der Waals surface area contributed by atoms with Crippen LogP contribution < -0.4 is 32.7 Å². The number of aliphatic hydroxyl groups is 2. The lowest BCUT2D eigenvalue weighted by molar-refractivity contribution is -0.142. The fourth-order valence-electron chi connectivity index (χ4n) is 8.04. The van der Waals surface area contributed by atoms with Crippen molar-refractivity contribution in [3.05, 3.63) is 47.1 Å². The number of nitrogens with zero attached hydrogens (tertiary/aromatic N) is 2. The first kappa shape index (κ1) is 56.3. The smallest absolute Gasteiger partial charge is 0.285 e. The molecule has 1 unspecified atom stereocenters. The molecule has 4 bridgehead atoms. The summed E-state index contributed by atoms with van der Waals surface area (Å²) in [4.78, 5) is 119. The van der Waals surface area contributed by atoms with Gasteiger partial charge < -0.3 is 57.9 Å². The van der Waals surface area contributed by atoms with E-state index in [0.717, 1.165) is 35.5 Å². The van der Waals surface area contributed by atoms with E-state index < -0.39 is 103 Å². The second-order valence-corrected chi connectivity index (χ2v) is 17.6. The number of primary amides is 1. The molecule has 1 aromatic rings. The van der Waals surface area contributed by atoms with E-state index in [1.54, 1.807) is 6.08 Å². The van der Waals surface area contributed by atoms with Crippen molar-refractivity contribution in [3.63, 3.8) is 0 Å². The molecule has 0 saturated carbocycles. The average Bonchev–Trinajstić information content (AvgIpc) is 3.30. The molecular weight excluding hydrogens is 881 g/mol. The van der Waals surface area contributed by atoms with Crippen LogP contribution in [0.4, 0.5) is 0 Å². The number of benzene rings is 1. The molecule has 0 saturated heterocycles. The van der Waals surface area contributed by atoms with Crippen LogP contribution in [0.5, 0.6) is 5.75 Å². The third kappa shape index (κ3) is 17.3. The number of nitrogens with two attached hydrogens (primary N) is 2. The van der Waals surface area contributed by atoms with E-state index in [1.165, 1.54) is 96.7 Å². The average molecular weight is 953 g/mol. The van der Waals surface area contributed by atoms with Gasteiger partial charge in [0.1, 0.15) is 23.9 Å². The zero-order valence-corrected chi connectivity index (χ0v) is 39.9. The largest absolute Gasteiger partial charge is 0.507 e. The molecule has 0 spiro atoms. The number of aliphatic hydroxyl groups excluding tert-OH is 2. The van der Waals surface area contributed by atoms with Crippen molar-refractivity contribution >= 4 is 58.5 Å². The van der Waals surface area contributed by atoms with E-state index >= 15 is 0 Å². The molecule has 6 atom stereocenters. The number of likely N-dealkylation sites (N-methyl/N-ethyl adjacent to an activating group) is 2. The molecule has 0 aromatic heterocycles. The van der Waals surface area contributed by atoms with Gasteiger partial charge >= 0.3 is 0 Å². The van der Waals surface area contributed by atoms with Gasteiger partial charge in [-0.2, -0.15) is 0 Å². The van der Waals surface area contributed by atoms with Gasteiger partial charge in [-0.15, -0.1) is 0 Å². The van der Waals surface area contributed by atoms with Gasteiger partial charge in [-0.3, -0.25) is 43.2 Å². The summed E-state index contributed by atoms with van der Waals surface area (Å²) in [5, 5.41) is 41.6. The van der Waals surface area contributed by atoms with E-state index in [2.05, 4.69) is 28.2 Å². The van der Waals surface area contributed by atoms with Gasteiger partial charge in [-0.25, -0.2) is 0 Å². The molecule has 376 valence electrons. The molecule has 1 aliphatic carbocycles. The highest BCUT2D eigenvalue weighted by Gasteiger charge is 2.35. The number of aromatic hydroxyl groups is 1. The van der Waals surface area contributed by atoms with Gasteiger partial charge in [0, 0.05) is 26.1 Å². The van der Waals surface area contributed by atoms with Gasteiger partial charge in [0.25, 0.3) is 11.8 Å². The first-order chi connectivity index (χ1) is 32.3. The first-order valence-electron chi connectivity index (χ1n) is 23.6. The number of amides is 7. The summed E-state index contributed by atoms with van der Waals surface area (Å²) in [5.41, 5.74) is 11.8. The van der Waals surface area contributed by atoms with Gasteiger partial charge in [-0.05, 0) is 55.0 Å². The van der Waals surface area contributed by atoms with E-state index in [-0.39, 0.29) is 47.6 Å². The van der Waals surface area contributed by atoms with Gasteiger partial charge in [0.15, 0.2) is 11.9 Å². The summed E-state index contributed by atoms with van der Waals surface area (Å²) < 4.78 is 0. The number of carbonyl (C=O) groups excluding carboxylic acids is 9. The van der Waals surface area contributed by atoms with E-state index in [1.807, 2.05) is 0 Å². The zero-order chi connectivity index (χ0) is 50.5. The topological polar surface area (TPSA) is 321 Å². The van der Waals surface area contributed by atoms with Crippen molar-refractivity contribution in [1.82, 2.24) is 31.1 Å². The summed E-state index contributed by atoms with van der Waals surface area (Å²) in [6.07, 6.45) is 14.1. The molecule has 7 amide bonds. The number of unbranched alkanes of at least 4 members (excludes halogenated alkanes) is 12. The highest BCUT2D eigenvalue weighted by molar-refractivity contribution is 6.39. The number of hydrogen-bond acceptors (Lipinski definition) is 13. The SMILES string of the molecule is CCCCCCCCCCCCCCCC(=O)N(C)[C@H](CO)C(=O)N[C@H](N)C(=O)NCC(=O)N(C)[C@@H]1C(=O)N[C@@H](C)C(=O)N[C@H](C(=O)CC(=O)C(N)=O)CC2=CCC(O)C(=C2)c2cc1ccc2O. The Labute approximate surface area is 398 Å². The Bertz CT molecular complexity index is 2040. The number of allylic oxidation sites excluding steroid dienone is 1. The standard InChI is InChI=1S/C48H72N8O12/c1-5-6-7-8-9-10-11-12-13-14-15-16-17-18-40(62)55(3)35(28-57)46(66)54-43(49)48(68)51-27-41(63)56(4)42-31-20-22-37(59)33(25-31)32-23-30(19-21-36(32)58)24-34(38(60)26-39(61)44(50)64)53-45(65)29(2)52-47(42)67/h19-20,22-23,25,29,34-36,42-43,57-59H,5-18,21,24,26-28,49H2,1-4H3,(H2,50,64)(H,51,68)(H,52,67)(H,53,65)(H,54,66)/t29-,34-,35+,36?,42-,43-/m0/s1. The van der Waals surface area contributed by atoms with E-state index in [9.17, 15) is 58.5 Å². The second-order valence-electron chi connectivity index (χ2n) is 17.6. The number of ketones is 2. The number of rotatable bonds is 26. The molecule has 2 aliphatic rings. The summed E-state index contributed by atoms with van der Waals surface area (Å²) in [6, 6.07) is -1.66. The van der Waals surface area contributed by atoms with Crippen LogP contribution in [0.2, 0.25) is 0 Å². The highest BCUT2D eigenvalue weighted by atomic mass is 16.3. The molecule has 1 aliphatic heterocycles. The Morgan fingerprint density at radius 3 is 2.04 bits per heavy atom. The van der Waals surface area contributed by atoms with Crippen molar-refractivity contribution in [1.29, 1.82) is 0 Å². The summed E-state index contributed by atoms with van der Waals surface area (Å²) in [6.45, 7) is 2.01.